The van der Waals surface area contributed by atoms with Crippen LogP contribution in [0.2, 0.25) is 0 Å². The van der Waals surface area contributed by atoms with Crippen molar-refractivity contribution in [2.75, 3.05) is 32.0 Å². The highest BCUT2D eigenvalue weighted by atomic mass is 15.1. The Balaban J connectivity index is 2.02. The summed E-state index contributed by atoms with van der Waals surface area (Å²) in [5.41, 5.74) is 4.87. The Kier molecular flexibility index (Phi) is 2.21. The summed E-state index contributed by atoms with van der Waals surface area (Å²) in [6, 6.07) is 6.65. The number of anilines is 1. The van der Waals surface area contributed by atoms with Gasteiger partial charge in [0.1, 0.15) is 0 Å². The van der Waals surface area contributed by atoms with Crippen LogP contribution >= 0.6 is 0 Å². The number of benzene rings is 1. The summed E-state index contributed by atoms with van der Waals surface area (Å²) in [6.45, 7) is 5.86. The fraction of sp³-hybridized carbons (Fsp3) is 0.571. The van der Waals surface area contributed by atoms with Crippen molar-refractivity contribution in [3.63, 3.8) is 0 Å². The van der Waals surface area contributed by atoms with Crippen LogP contribution in [0.15, 0.2) is 18.2 Å². The second-order valence-electron chi connectivity index (χ2n) is 5.43. The van der Waals surface area contributed by atoms with E-state index in [9.17, 15) is 0 Å². The summed E-state index contributed by atoms with van der Waals surface area (Å²) in [5.74, 6) is 0. The Bertz CT molecular complexity index is 403. The van der Waals surface area contributed by atoms with Crippen LogP contribution in [0.5, 0.6) is 0 Å². The van der Waals surface area contributed by atoms with Crippen molar-refractivity contribution in [2.45, 2.75) is 25.2 Å². The van der Waals surface area contributed by atoms with Gasteiger partial charge in [0, 0.05) is 17.6 Å². The van der Waals surface area contributed by atoms with Crippen molar-refractivity contribution < 1.29 is 0 Å². The molecule has 0 unspecified atom stereocenters. The maximum Gasteiger partial charge on any atom is 0.0382 e. The molecule has 0 saturated carbocycles. The largest absolute Gasteiger partial charge is 0.384 e. The van der Waals surface area contributed by atoms with Crippen LogP contribution in [0.25, 0.3) is 0 Å². The van der Waals surface area contributed by atoms with Gasteiger partial charge in [-0.3, -0.25) is 0 Å². The lowest BCUT2D eigenvalue weighted by Gasteiger charge is -2.38. The zero-order valence-corrected chi connectivity index (χ0v) is 10.2. The third-order valence-electron chi connectivity index (χ3n) is 4.36. The molecule has 1 saturated heterocycles. The lowest BCUT2D eigenvalue weighted by atomic mass is 9.73. The molecule has 2 aliphatic heterocycles. The summed E-state index contributed by atoms with van der Waals surface area (Å²) in [7, 11) is 2.23. The van der Waals surface area contributed by atoms with Crippen molar-refractivity contribution >= 4 is 5.69 Å². The molecular formula is C14H20N2. The maximum absolute atomic E-state index is 3.60. The predicted molar refractivity (Wildman–Crippen MR) is 68.1 cm³/mol. The van der Waals surface area contributed by atoms with Crippen LogP contribution in [0.3, 0.4) is 0 Å². The Morgan fingerprint density at radius 1 is 1.25 bits per heavy atom. The normalized spacial score (nSPS) is 23.1. The highest BCUT2D eigenvalue weighted by Gasteiger charge is 2.41. The number of hydrogen-bond donors (Lipinski definition) is 1. The van der Waals surface area contributed by atoms with Gasteiger partial charge in [0.15, 0.2) is 0 Å². The lowest BCUT2D eigenvalue weighted by molar-refractivity contribution is 0.200. The first-order valence-corrected chi connectivity index (χ1v) is 6.24. The van der Waals surface area contributed by atoms with Crippen LogP contribution in [0.1, 0.15) is 24.0 Å². The molecule has 2 heterocycles. The van der Waals surface area contributed by atoms with Crippen molar-refractivity contribution in [1.29, 1.82) is 0 Å². The van der Waals surface area contributed by atoms with Gasteiger partial charge in [-0.15, -0.1) is 0 Å². The quantitative estimate of drug-likeness (QED) is 0.716. The number of nitrogens with zero attached hydrogens (tertiary/aromatic N) is 1. The van der Waals surface area contributed by atoms with Crippen LogP contribution in [-0.4, -0.2) is 31.6 Å². The number of likely N-dealkylation sites (tertiary alicyclic amines) is 1. The monoisotopic (exact) mass is 216 g/mol. The molecule has 16 heavy (non-hydrogen) atoms. The van der Waals surface area contributed by atoms with E-state index >= 15 is 0 Å². The van der Waals surface area contributed by atoms with Crippen molar-refractivity contribution in [2.24, 2.45) is 0 Å². The maximum atomic E-state index is 3.60. The standard InChI is InChI=1S/C14H20N2/c1-11-4-3-5-12-13(11)14(10-15-12)6-8-16(2)9-7-14/h3-5,15H,6-10H2,1-2H3. The summed E-state index contributed by atoms with van der Waals surface area (Å²) < 4.78 is 0. The molecule has 1 aromatic rings. The van der Waals surface area contributed by atoms with E-state index in [2.05, 4.69) is 42.4 Å². The van der Waals surface area contributed by atoms with E-state index in [4.69, 9.17) is 0 Å². The SMILES string of the molecule is Cc1cccc2c1C1(CCN(C)CC1)CN2. The molecule has 0 radical (unpaired) electrons. The van der Waals surface area contributed by atoms with E-state index in [1.165, 1.54) is 37.2 Å². The molecular weight excluding hydrogens is 196 g/mol. The summed E-state index contributed by atoms with van der Waals surface area (Å²) >= 11 is 0. The number of rotatable bonds is 0. The highest BCUT2D eigenvalue weighted by molar-refractivity contribution is 5.63. The smallest absolute Gasteiger partial charge is 0.0382 e. The second-order valence-corrected chi connectivity index (χ2v) is 5.43. The average molecular weight is 216 g/mol. The molecule has 1 spiro atoms. The first-order valence-electron chi connectivity index (χ1n) is 6.24. The molecule has 0 aromatic heterocycles. The molecule has 86 valence electrons. The minimum Gasteiger partial charge on any atom is -0.384 e. The Labute approximate surface area is 97.6 Å². The van der Waals surface area contributed by atoms with E-state index in [0.717, 1.165) is 6.54 Å². The highest BCUT2D eigenvalue weighted by Crippen LogP contribution is 2.45. The Hall–Kier alpha value is -1.02. The van der Waals surface area contributed by atoms with E-state index in [1.54, 1.807) is 5.56 Å². The Morgan fingerprint density at radius 2 is 2.00 bits per heavy atom. The van der Waals surface area contributed by atoms with Crippen molar-refractivity contribution in [3.8, 4) is 0 Å². The van der Waals surface area contributed by atoms with Gasteiger partial charge in [-0.1, -0.05) is 12.1 Å². The summed E-state index contributed by atoms with van der Waals surface area (Å²) in [5, 5.41) is 3.60. The van der Waals surface area contributed by atoms with Gasteiger partial charge < -0.3 is 10.2 Å². The minimum absolute atomic E-state index is 0.424. The van der Waals surface area contributed by atoms with Gasteiger partial charge in [-0.05, 0) is 57.1 Å². The number of fused-ring (bicyclic) bond motifs is 2. The van der Waals surface area contributed by atoms with Crippen LogP contribution in [0.4, 0.5) is 5.69 Å². The summed E-state index contributed by atoms with van der Waals surface area (Å²) in [6.07, 6.45) is 2.60. The van der Waals surface area contributed by atoms with Crippen molar-refractivity contribution in [3.05, 3.63) is 29.3 Å². The van der Waals surface area contributed by atoms with Gasteiger partial charge in [-0.25, -0.2) is 0 Å². The van der Waals surface area contributed by atoms with Gasteiger partial charge in [0.05, 0.1) is 0 Å². The molecule has 0 aliphatic carbocycles. The summed E-state index contributed by atoms with van der Waals surface area (Å²) in [4.78, 5) is 2.45. The van der Waals surface area contributed by atoms with Gasteiger partial charge in [0.2, 0.25) is 0 Å². The van der Waals surface area contributed by atoms with E-state index in [-0.39, 0.29) is 0 Å². The molecule has 1 N–H and O–H groups in total. The molecule has 2 nitrogen and oxygen atoms in total. The van der Waals surface area contributed by atoms with Crippen molar-refractivity contribution in [1.82, 2.24) is 4.90 Å². The molecule has 0 amide bonds. The first kappa shape index (κ1) is 10.2. The molecule has 3 rings (SSSR count). The fourth-order valence-corrected chi connectivity index (χ4v) is 3.35. The third-order valence-corrected chi connectivity index (χ3v) is 4.36. The van der Waals surface area contributed by atoms with Gasteiger partial charge >= 0.3 is 0 Å². The molecule has 0 atom stereocenters. The number of hydrogen-bond acceptors (Lipinski definition) is 2. The first-order chi connectivity index (χ1) is 7.71. The lowest BCUT2D eigenvalue weighted by Crippen LogP contribution is -2.42. The molecule has 0 bridgehead atoms. The van der Waals surface area contributed by atoms with E-state index < -0.39 is 0 Å². The molecule has 1 aromatic carbocycles. The molecule has 2 aliphatic rings. The van der Waals surface area contributed by atoms with Crippen LogP contribution in [-0.2, 0) is 5.41 Å². The number of nitrogens with one attached hydrogen (secondary N) is 1. The average Bonchev–Trinajstić information content (AvgIpc) is 2.64. The predicted octanol–water partition coefficient (Wildman–Crippen LogP) is 2.38. The number of aryl methyl sites for hydroxylation is 1. The molecule has 2 heteroatoms. The topological polar surface area (TPSA) is 15.3 Å². The zero-order valence-electron chi connectivity index (χ0n) is 10.2. The van der Waals surface area contributed by atoms with E-state index in [1.807, 2.05) is 0 Å². The fourth-order valence-electron chi connectivity index (χ4n) is 3.35. The zero-order chi connectivity index (χ0) is 11.2. The van der Waals surface area contributed by atoms with E-state index in [0.29, 0.717) is 5.41 Å². The number of piperidine rings is 1. The Morgan fingerprint density at radius 3 is 2.75 bits per heavy atom. The second kappa shape index (κ2) is 3.49. The van der Waals surface area contributed by atoms with Gasteiger partial charge in [-0.2, -0.15) is 0 Å². The van der Waals surface area contributed by atoms with Crippen LogP contribution < -0.4 is 5.32 Å². The minimum atomic E-state index is 0.424. The van der Waals surface area contributed by atoms with Gasteiger partial charge in [0.25, 0.3) is 0 Å². The molecule has 1 fully saturated rings. The third kappa shape index (κ3) is 1.36. The van der Waals surface area contributed by atoms with Crippen LogP contribution in [0, 0.1) is 6.92 Å².